The largest absolute Gasteiger partial charge is 0.309 e. The number of para-hydroxylation sites is 2. The fourth-order valence-electron chi connectivity index (χ4n) is 9.25. The van der Waals surface area contributed by atoms with Gasteiger partial charge >= 0.3 is 0 Å². The van der Waals surface area contributed by atoms with Crippen molar-refractivity contribution in [2.24, 2.45) is 0 Å². The zero-order valence-corrected chi connectivity index (χ0v) is 27.1. The predicted molar refractivity (Wildman–Crippen MR) is 212 cm³/mol. The van der Waals surface area contributed by atoms with Gasteiger partial charge in [-0.2, -0.15) is 0 Å². The standard InChI is InChI=1S/C48H28N2/c1-2-13-29(14-3-1)49-42-24-11-10-19-35(42)36-26-25-30(27-43(36)49)50-44-28-41-34-18-5-4-16-32(34)37-22-12-23-40(45(37)41)46(44)47-38-20-8-6-15-31(38)33-17-7-9-21-39(33)48(47)50/h1-28H. The molecule has 0 fully saturated rings. The van der Waals surface area contributed by atoms with Gasteiger partial charge in [0.15, 0.2) is 0 Å². The number of rotatable bonds is 2. The molecule has 0 aliphatic heterocycles. The summed E-state index contributed by atoms with van der Waals surface area (Å²) in [5.74, 6) is 0. The van der Waals surface area contributed by atoms with Crippen molar-refractivity contribution in [1.29, 1.82) is 0 Å². The third kappa shape index (κ3) is 3.23. The van der Waals surface area contributed by atoms with Crippen molar-refractivity contribution in [2.75, 3.05) is 0 Å². The topological polar surface area (TPSA) is 9.86 Å². The van der Waals surface area contributed by atoms with Gasteiger partial charge in [0.05, 0.1) is 22.1 Å². The van der Waals surface area contributed by atoms with E-state index in [-0.39, 0.29) is 0 Å². The highest BCUT2D eigenvalue weighted by molar-refractivity contribution is 6.38. The zero-order valence-electron chi connectivity index (χ0n) is 27.1. The highest BCUT2D eigenvalue weighted by Gasteiger charge is 2.27. The molecule has 0 N–H and O–H groups in total. The summed E-state index contributed by atoms with van der Waals surface area (Å²) in [7, 11) is 0. The van der Waals surface area contributed by atoms with Gasteiger partial charge < -0.3 is 9.13 Å². The quantitative estimate of drug-likeness (QED) is 0.168. The third-order valence-electron chi connectivity index (χ3n) is 11.2. The van der Waals surface area contributed by atoms with Crippen LogP contribution in [-0.4, -0.2) is 9.13 Å². The van der Waals surface area contributed by atoms with Crippen LogP contribution in [0.25, 0.3) is 110 Å². The normalized spacial score (nSPS) is 12.4. The smallest absolute Gasteiger partial charge is 0.0626 e. The molecule has 0 radical (unpaired) electrons. The average Bonchev–Trinajstić information content (AvgIpc) is 3.82. The van der Waals surface area contributed by atoms with E-state index >= 15 is 0 Å². The molecule has 0 saturated heterocycles. The Kier molecular flexibility index (Phi) is 5.00. The van der Waals surface area contributed by atoms with Crippen molar-refractivity contribution < 1.29 is 0 Å². The van der Waals surface area contributed by atoms with Crippen molar-refractivity contribution in [3.8, 4) is 33.6 Å². The number of aromatic nitrogens is 2. The minimum Gasteiger partial charge on any atom is -0.309 e. The molecule has 2 aromatic heterocycles. The molecule has 0 bridgehead atoms. The van der Waals surface area contributed by atoms with E-state index in [1.165, 1.54) is 98.2 Å². The third-order valence-corrected chi connectivity index (χ3v) is 11.2. The second kappa shape index (κ2) is 9.49. The molecule has 0 spiro atoms. The van der Waals surface area contributed by atoms with Crippen LogP contribution in [0.5, 0.6) is 0 Å². The first kappa shape index (κ1) is 26.3. The molecule has 12 rings (SSSR count). The van der Waals surface area contributed by atoms with Gasteiger partial charge in [0.25, 0.3) is 0 Å². The van der Waals surface area contributed by atoms with Crippen molar-refractivity contribution in [2.45, 2.75) is 0 Å². The summed E-state index contributed by atoms with van der Waals surface area (Å²) in [6, 6.07) is 62.9. The maximum absolute atomic E-state index is 2.56. The van der Waals surface area contributed by atoms with Crippen LogP contribution >= 0.6 is 0 Å². The van der Waals surface area contributed by atoms with E-state index < -0.39 is 0 Å². The minimum absolute atomic E-state index is 1.16. The predicted octanol–water partition coefficient (Wildman–Crippen LogP) is 13.0. The number of fused-ring (bicyclic) bond motifs is 15. The monoisotopic (exact) mass is 632 g/mol. The molecule has 9 aromatic carbocycles. The lowest BCUT2D eigenvalue weighted by Gasteiger charge is -2.14. The summed E-state index contributed by atoms with van der Waals surface area (Å²) in [4.78, 5) is 0. The van der Waals surface area contributed by atoms with Crippen molar-refractivity contribution in [1.82, 2.24) is 9.13 Å². The summed E-state index contributed by atoms with van der Waals surface area (Å²) < 4.78 is 4.99. The van der Waals surface area contributed by atoms with Gasteiger partial charge in [-0.3, -0.25) is 0 Å². The van der Waals surface area contributed by atoms with Crippen LogP contribution in [0, 0.1) is 0 Å². The highest BCUT2D eigenvalue weighted by Crippen LogP contribution is 2.53. The molecule has 1 aliphatic carbocycles. The molecule has 2 heterocycles. The molecule has 50 heavy (non-hydrogen) atoms. The first-order valence-corrected chi connectivity index (χ1v) is 17.4. The van der Waals surface area contributed by atoms with E-state index in [4.69, 9.17) is 0 Å². The maximum atomic E-state index is 2.56. The molecule has 230 valence electrons. The number of benzene rings is 9. The van der Waals surface area contributed by atoms with Gasteiger partial charge in [-0.25, -0.2) is 0 Å². The summed E-state index contributed by atoms with van der Waals surface area (Å²) in [6.07, 6.45) is 0. The lowest BCUT2D eigenvalue weighted by Crippen LogP contribution is -1.97. The maximum Gasteiger partial charge on any atom is 0.0626 e. The Balaban J connectivity index is 1.33. The van der Waals surface area contributed by atoms with Crippen LogP contribution < -0.4 is 0 Å². The summed E-state index contributed by atoms with van der Waals surface area (Å²) in [6.45, 7) is 0. The van der Waals surface area contributed by atoms with Crippen molar-refractivity contribution in [3.63, 3.8) is 0 Å². The van der Waals surface area contributed by atoms with E-state index in [0.29, 0.717) is 0 Å². The van der Waals surface area contributed by atoms with E-state index in [0.717, 1.165) is 11.4 Å². The summed E-state index contributed by atoms with van der Waals surface area (Å²) in [5, 5.41) is 13.0. The van der Waals surface area contributed by atoms with Gasteiger partial charge in [-0.05, 0) is 85.6 Å². The molecular formula is C48H28N2. The van der Waals surface area contributed by atoms with E-state index in [1.807, 2.05) is 0 Å². The molecule has 0 amide bonds. The summed E-state index contributed by atoms with van der Waals surface area (Å²) in [5.41, 5.74) is 12.5. The van der Waals surface area contributed by atoms with E-state index in [1.54, 1.807) is 0 Å². The Labute approximate surface area is 287 Å². The van der Waals surface area contributed by atoms with Crippen LogP contribution in [0.4, 0.5) is 0 Å². The van der Waals surface area contributed by atoms with Crippen LogP contribution in [-0.2, 0) is 0 Å². The van der Waals surface area contributed by atoms with Gasteiger partial charge in [0.2, 0.25) is 0 Å². The second-order valence-electron chi connectivity index (χ2n) is 13.6. The van der Waals surface area contributed by atoms with E-state index in [9.17, 15) is 0 Å². The number of nitrogens with zero attached hydrogens (tertiary/aromatic N) is 2. The van der Waals surface area contributed by atoms with Gasteiger partial charge in [0.1, 0.15) is 0 Å². The molecule has 2 heteroatoms. The Morgan fingerprint density at radius 2 is 0.860 bits per heavy atom. The Morgan fingerprint density at radius 3 is 1.68 bits per heavy atom. The van der Waals surface area contributed by atoms with Gasteiger partial charge in [0, 0.05) is 38.3 Å². The number of hydrogen-bond donors (Lipinski definition) is 0. The molecular weight excluding hydrogens is 605 g/mol. The molecule has 0 atom stereocenters. The lowest BCUT2D eigenvalue weighted by atomic mass is 9.94. The summed E-state index contributed by atoms with van der Waals surface area (Å²) >= 11 is 0. The van der Waals surface area contributed by atoms with Crippen molar-refractivity contribution in [3.05, 3.63) is 170 Å². The van der Waals surface area contributed by atoms with Crippen molar-refractivity contribution >= 4 is 75.9 Å². The first-order valence-electron chi connectivity index (χ1n) is 17.4. The van der Waals surface area contributed by atoms with Crippen LogP contribution in [0.15, 0.2) is 170 Å². The number of hydrogen-bond acceptors (Lipinski definition) is 0. The zero-order chi connectivity index (χ0) is 32.5. The van der Waals surface area contributed by atoms with Gasteiger partial charge in [-0.1, -0.05) is 133 Å². The average molecular weight is 633 g/mol. The highest BCUT2D eigenvalue weighted by atomic mass is 15.0. The molecule has 0 unspecified atom stereocenters. The SMILES string of the molecule is c1ccc(-n2c3ccccc3c3ccc(-n4c5cc6c7c(cccc7c5c5c7ccccc7c7ccccc7c54)-c4ccccc4-6)cc32)cc1. The molecule has 2 nitrogen and oxygen atoms in total. The Bertz CT molecular complexity index is 3250. The second-order valence-corrected chi connectivity index (χ2v) is 13.6. The fraction of sp³-hybridized carbons (Fsp3) is 0. The first-order chi connectivity index (χ1) is 24.8. The molecule has 11 aromatic rings. The molecule has 1 aliphatic rings. The fourth-order valence-corrected chi connectivity index (χ4v) is 9.25. The molecule has 0 saturated carbocycles. The lowest BCUT2D eigenvalue weighted by molar-refractivity contribution is 1.16. The minimum atomic E-state index is 1.16. The van der Waals surface area contributed by atoms with Crippen LogP contribution in [0.1, 0.15) is 0 Å². The van der Waals surface area contributed by atoms with Crippen LogP contribution in [0.3, 0.4) is 0 Å². The van der Waals surface area contributed by atoms with Crippen LogP contribution in [0.2, 0.25) is 0 Å². The van der Waals surface area contributed by atoms with E-state index in [2.05, 4.69) is 179 Å². The Morgan fingerprint density at radius 1 is 0.260 bits per heavy atom. The Hall–Kier alpha value is -6.64. The van der Waals surface area contributed by atoms with Gasteiger partial charge in [-0.15, -0.1) is 0 Å².